The first kappa shape index (κ1) is 15.4. The first-order valence-electron chi connectivity index (χ1n) is 6.53. The lowest BCUT2D eigenvalue weighted by molar-refractivity contribution is -0.136. The highest BCUT2D eigenvalue weighted by molar-refractivity contribution is 9.10. The fraction of sp³-hybridized carbons (Fsp3) is 0.500. The van der Waals surface area contributed by atoms with Crippen molar-refractivity contribution >= 4 is 21.8 Å². The summed E-state index contributed by atoms with van der Waals surface area (Å²) in [6, 6.07) is 4.71. The van der Waals surface area contributed by atoms with Crippen LogP contribution in [0.4, 0.5) is 4.39 Å². The molecule has 0 aliphatic carbocycles. The third-order valence-electron chi connectivity index (χ3n) is 3.39. The van der Waals surface area contributed by atoms with Crippen LogP contribution in [0.25, 0.3) is 0 Å². The molecule has 0 radical (unpaired) electrons. The van der Waals surface area contributed by atoms with E-state index >= 15 is 0 Å². The molecule has 0 atom stereocenters. The first-order valence-corrected chi connectivity index (χ1v) is 7.32. The monoisotopic (exact) mass is 344 g/mol. The van der Waals surface area contributed by atoms with E-state index in [9.17, 15) is 9.18 Å². The zero-order chi connectivity index (χ0) is 14.5. The fourth-order valence-corrected chi connectivity index (χ4v) is 2.65. The van der Waals surface area contributed by atoms with E-state index in [-0.39, 0.29) is 18.3 Å². The Morgan fingerprint density at radius 3 is 2.70 bits per heavy atom. The highest BCUT2D eigenvalue weighted by Gasteiger charge is 2.21. The minimum atomic E-state index is -0.225. The maximum Gasteiger partial charge on any atom is 0.248 e. The van der Waals surface area contributed by atoms with Crippen LogP contribution in [0.1, 0.15) is 5.56 Å². The molecule has 0 N–H and O–H groups in total. The largest absolute Gasteiger partial charge is 0.375 e. The summed E-state index contributed by atoms with van der Waals surface area (Å²) in [6.07, 6.45) is 0. The third kappa shape index (κ3) is 4.01. The Balaban J connectivity index is 1.88. The Morgan fingerprint density at radius 1 is 1.35 bits per heavy atom. The van der Waals surface area contributed by atoms with Gasteiger partial charge in [-0.15, -0.1) is 0 Å². The maximum atomic E-state index is 13.2. The summed E-state index contributed by atoms with van der Waals surface area (Å²) < 4.78 is 19.0. The Kier molecular flexibility index (Phi) is 5.51. The van der Waals surface area contributed by atoms with E-state index in [2.05, 4.69) is 20.8 Å². The van der Waals surface area contributed by atoms with Gasteiger partial charge in [-0.2, -0.15) is 0 Å². The number of methoxy groups -OCH3 is 1. The van der Waals surface area contributed by atoms with Crippen LogP contribution >= 0.6 is 15.9 Å². The van der Waals surface area contributed by atoms with Crippen LogP contribution in [0.2, 0.25) is 0 Å². The Labute approximate surface area is 126 Å². The van der Waals surface area contributed by atoms with E-state index in [1.807, 2.05) is 0 Å². The number of hydrogen-bond acceptors (Lipinski definition) is 3. The molecule has 1 amide bonds. The van der Waals surface area contributed by atoms with Gasteiger partial charge in [0.1, 0.15) is 12.4 Å². The van der Waals surface area contributed by atoms with Crippen molar-refractivity contribution in [1.29, 1.82) is 0 Å². The molecule has 1 aromatic carbocycles. The molecule has 1 aliphatic rings. The number of rotatable bonds is 4. The van der Waals surface area contributed by atoms with Gasteiger partial charge in [0.15, 0.2) is 0 Å². The van der Waals surface area contributed by atoms with Crippen molar-refractivity contribution < 1.29 is 13.9 Å². The standard InChI is InChI=1S/C14H18BrFN2O2/c1-20-10-14(19)18-6-4-17(5-7-18)9-11-8-12(16)2-3-13(11)15/h2-3,8H,4-7,9-10H2,1H3. The molecule has 1 aromatic rings. The molecule has 1 aliphatic heterocycles. The quantitative estimate of drug-likeness (QED) is 0.836. The van der Waals surface area contributed by atoms with Crippen LogP contribution in [0.5, 0.6) is 0 Å². The van der Waals surface area contributed by atoms with Gasteiger partial charge in [0.2, 0.25) is 5.91 Å². The minimum absolute atomic E-state index is 0.0269. The summed E-state index contributed by atoms with van der Waals surface area (Å²) in [6.45, 7) is 3.78. The van der Waals surface area contributed by atoms with E-state index < -0.39 is 0 Å². The van der Waals surface area contributed by atoms with Gasteiger partial charge in [0, 0.05) is 44.3 Å². The van der Waals surface area contributed by atoms with E-state index in [1.54, 1.807) is 17.0 Å². The second kappa shape index (κ2) is 7.15. The first-order chi connectivity index (χ1) is 9.60. The van der Waals surface area contributed by atoms with Crippen LogP contribution in [-0.4, -0.2) is 55.6 Å². The van der Waals surface area contributed by atoms with Crippen molar-refractivity contribution in [3.05, 3.63) is 34.1 Å². The second-order valence-corrected chi connectivity index (χ2v) is 5.68. The minimum Gasteiger partial charge on any atom is -0.375 e. The number of hydrogen-bond donors (Lipinski definition) is 0. The van der Waals surface area contributed by atoms with Crippen LogP contribution in [-0.2, 0) is 16.1 Å². The van der Waals surface area contributed by atoms with E-state index in [0.29, 0.717) is 19.6 Å². The van der Waals surface area contributed by atoms with Gasteiger partial charge in [-0.1, -0.05) is 15.9 Å². The van der Waals surface area contributed by atoms with Gasteiger partial charge in [0.05, 0.1) is 0 Å². The number of carbonyl (C=O) groups excluding carboxylic acids is 1. The summed E-state index contributed by atoms with van der Waals surface area (Å²) in [7, 11) is 1.52. The number of piperazine rings is 1. The molecule has 0 aromatic heterocycles. The lowest BCUT2D eigenvalue weighted by Crippen LogP contribution is -2.49. The number of benzene rings is 1. The second-order valence-electron chi connectivity index (χ2n) is 4.83. The lowest BCUT2D eigenvalue weighted by atomic mass is 10.2. The molecule has 0 saturated carbocycles. The average molecular weight is 345 g/mol. The lowest BCUT2D eigenvalue weighted by Gasteiger charge is -2.34. The summed E-state index contributed by atoms with van der Waals surface area (Å²) >= 11 is 3.44. The number of ether oxygens (including phenoxy) is 1. The van der Waals surface area contributed by atoms with Gasteiger partial charge in [-0.25, -0.2) is 4.39 Å². The van der Waals surface area contributed by atoms with Crippen LogP contribution in [0, 0.1) is 5.82 Å². The van der Waals surface area contributed by atoms with Crippen molar-refractivity contribution in [2.75, 3.05) is 39.9 Å². The third-order valence-corrected chi connectivity index (χ3v) is 4.17. The predicted octanol–water partition coefficient (Wildman–Crippen LogP) is 1.88. The summed E-state index contributed by atoms with van der Waals surface area (Å²) in [4.78, 5) is 15.7. The number of halogens is 2. The molecular formula is C14H18BrFN2O2. The topological polar surface area (TPSA) is 32.8 Å². The van der Waals surface area contributed by atoms with Gasteiger partial charge in [-0.05, 0) is 23.8 Å². The molecule has 0 spiro atoms. The predicted molar refractivity (Wildman–Crippen MR) is 77.8 cm³/mol. The maximum absolute atomic E-state index is 13.2. The van der Waals surface area contributed by atoms with Crippen molar-refractivity contribution in [2.24, 2.45) is 0 Å². The Morgan fingerprint density at radius 2 is 2.05 bits per heavy atom. The number of carbonyl (C=O) groups is 1. The molecule has 4 nitrogen and oxygen atoms in total. The van der Waals surface area contributed by atoms with Crippen molar-refractivity contribution in [3.63, 3.8) is 0 Å². The number of amides is 1. The van der Waals surface area contributed by atoms with Crippen LogP contribution < -0.4 is 0 Å². The Bertz CT molecular complexity index is 476. The average Bonchev–Trinajstić information content (AvgIpc) is 2.44. The summed E-state index contributed by atoms with van der Waals surface area (Å²) in [5.74, 6) is -0.198. The van der Waals surface area contributed by atoms with E-state index in [1.165, 1.54) is 13.2 Å². The van der Waals surface area contributed by atoms with Gasteiger partial charge < -0.3 is 9.64 Å². The van der Waals surface area contributed by atoms with Crippen molar-refractivity contribution in [3.8, 4) is 0 Å². The summed E-state index contributed by atoms with van der Waals surface area (Å²) in [5.41, 5.74) is 0.932. The summed E-state index contributed by atoms with van der Waals surface area (Å²) in [5, 5.41) is 0. The molecule has 1 fully saturated rings. The molecule has 1 saturated heterocycles. The normalized spacial score (nSPS) is 16.4. The van der Waals surface area contributed by atoms with Crippen LogP contribution in [0.15, 0.2) is 22.7 Å². The molecule has 1 heterocycles. The van der Waals surface area contributed by atoms with Crippen LogP contribution in [0.3, 0.4) is 0 Å². The van der Waals surface area contributed by atoms with Crippen molar-refractivity contribution in [1.82, 2.24) is 9.80 Å². The van der Waals surface area contributed by atoms with Crippen molar-refractivity contribution in [2.45, 2.75) is 6.54 Å². The van der Waals surface area contributed by atoms with E-state index in [0.717, 1.165) is 23.1 Å². The molecular weight excluding hydrogens is 327 g/mol. The highest BCUT2D eigenvalue weighted by atomic mass is 79.9. The highest BCUT2D eigenvalue weighted by Crippen LogP contribution is 2.20. The molecule has 6 heteroatoms. The SMILES string of the molecule is COCC(=O)N1CCN(Cc2cc(F)ccc2Br)CC1. The molecule has 0 bridgehead atoms. The molecule has 0 unspecified atom stereocenters. The zero-order valence-corrected chi connectivity index (χ0v) is 13.0. The molecule has 110 valence electrons. The fourth-order valence-electron chi connectivity index (χ4n) is 2.28. The van der Waals surface area contributed by atoms with Gasteiger partial charge in [0.25, 0.3) is 0 Å². The van der Waals surface area contributed by atoms with Gasteiger partial charge in [-0.3, -0.25) is 9.69 Å². The zero-order valence-electron chi connectivity index (χ0n) is 11.4. The molecule has 2 rings (SSSR count). The van der Waals surface area contributed by atoms with E-state index in [4.69, 9.17) is 4.74 Å². The Hall–Kier alpha value is -0.980. The van der Waals surface area contributed by atoms with Gasteiger partial charge >= 0.3 is 0 Å². The molecule has 20 heavy (non-hydrogen) atoms. The smallest absolute Gasteiger partial charge is 0.248 e. The number of nitrogens with zero attached hydrogens (tertiary/aromatic N) is 2.